The normalized spacial score (nSPS) is 11.1. The first-order valence-corrected chi connectivity index (χ1v) is 6.61. The standard InChI is InChI=1S/C10H13N3O4S/c1-2-3-5-12-18(16,17)9-7-11-13(8-9)6-4-10(14)15/h1,7-8,12H,3-6H2,(H,14,15). The van der Waals surface area contributed by atoms with E-state index in [4.69, 9.17) is 11.5 Å². The summed E-state index contributed by atoms with van der Waals surface area (Å²) in [7, 11) is -3.63. The Balaban J connectivity index is 2.67. The lowest BCUT2D eigenvalue weighted by Crippen LogP contribution is -2.24. The summed E-state index contributed by atoms with van der Waals surface area (Å²) in [6, 6.07) is 0. The minimum atomic E-state index is -3.63. The molecule has 1 aromatic heterocycles. The van der Waals surface area contributed by atoms with E-state index >= 15 is 0 Å². The lowest BCUT2D eigenvalue weighted by molar-refractivity contribution is -0.137. The van der Waals surface area contributed by atoms with Gasteiger partial charge in [-0.3, -0.25) is 9.48 Å². The first-order chi connectivity index (χ1) is 8.45. The fraction of sp³-hybridized carbons (Fsp3) is 0.400. The molecule has 18 heavy (non-hydrogen) atoms. The van der Waals surface area contributed by atoms with Crippen LogP contribution in [0, 0.1) is 12.3 Å². The summed E-state index contributed by atoms with van der Waals surface area (Å²) in [6.45, 7) is 0.272. The quantitative estimate of drug-likeness (QED) is 0.522. The first-order valence-electron chi connectivity index (χ1n) is 5.13. The average molecular weight is 271 g/mol. The van der Waals surface area contributed by atoms with Gasteiger partial charge >= 0.3 is 5.97 Å². The van der Waals surface area contributed by atoms with E-state index in [0.29, 0.717) is 6.42 Å². The number of terminal acetylenes is 1. The summed E-state index contributed by atoms with van der Waals surface area (Å²) >= 11 is 0. The molecule has 8 heteroatoms. The Morgan fingerprint density at radius 2 is 2.33 bits per heavy atom. The average Bonchev–Trinajstić information content (AvgIpc) is 2.76. The molecule has 0 saturated carbocycles. The zero-order valence-corrected chi connectivity index (χ0v) is 10.4. The molecule has 0 aliphatic carbocycles. The van der Waals surface area contributed by atoms with Gasteiger partial charge in [-0.25, -0.2) is 13.1 Å². The number of sulfonamides is 1. The summed E-state index contributed by atoms with van der Waals surface area (Å²) in [4.78, 5) is 10.4. The van der Waals surface area contributed by atoms with E-state index in [1.54, 1.807) is 0 Å². The molecule has 0 aromatic carbocycles. The van der Waals surface area contributed by atoms with Crippen LogP contribution in [0.25, 0.3) is 0 Å². The van der Waals surface area contributed by atoms with Crippen LogP contribution in [0.2, 0.25) is 0 Å². The van der Waals surface area contributed by atoms with Gasteiger partial charge in [-0.15, -0.1) is 12.3 Å². The fourth-order valence-electron chi connectivity index (χ4n) is 1.16. The number of aromatic nitrogens is 2. The zero-order chi connectivity index (χ0) is 13.6. The Labute approximate surface area is 105 Å². The van der Waals surface area contributed by atoms with Gasteiger partial charge in [0.2, 0.25) is 10.0 Å². The number of nitrogens with zero attached hydrogens (tertiary/aromatic N) is 2. The molecule has 1 heterocycles. The molecule has 7 nitrogen and oxygen atoms in total. The van der Waals surface area contributed by atoms with Crippen LogP contribution < -0.4 is 4.72 Å². The predicted molar refractivity (Wildman–Crippen MR) is 63.1 cm³/mol. The Kier molecular flexibility index (Phi) is 4.88. The topological polar surface area (TPSA) is 101 Å². The van der Waals surface area contributed by atoms with Crippen LogP contribution >= 0.6 is 0 Å². The number of hydrogen-bond donors (Lipinski definition) is 2. The Morgan fingerprint density at radius 3 is 2.94 bits per heavy atom. The fourth-order valence-corrected chi connectivity index (χ4v) is 2.14. The molecule has 0 fully saturated rings. The van der Waals surface area contributed by atoms with Crippen molar-refractivity contribution in [1.29, 1.82) is 0 Å². The van der Waals surface area contributed by atoms with E-state index < -0.39 is 16.0 Å². The second kappa shape index (κ2) is 6.18. The smallest absolute Gasteiger partial charge is 0.305 e. The summed E-state index contributed by atoms with van der Waals surface area (Å²) in [6.07, 6.45) is 7.64. The highest BCUT2D eigenvalue weighted by Crippen LogP contribution is 2.07. The molecule has 0 atom stereocenters. The third-order valence-corrected chi connectivity index (χ3v) is 3.45. The highest BCUT2D eigenvalue weighted by Gasteiger charge is 2.15. The Hall–Kier alpha value is -1.85. The van der Waals surface area contributed by atoms with E-state index in [2.05, 4.69) is 15.7 Å². The lowest BCUT2D eigenvalue weighted by atomic mass is 10.4. The van der Waals surface area contributed by atoms with Crippen LogP contribution in [0.4, 0.5) is 0 Å². The van der Waals surface area contributed by atoms with Gasteiger partial charge in [0.25, 0.3) is 0 Å². The van der Waals surface area contributed by atoms with Gasteiger partial charge < -0.3 is 5.11 Å². The molecular weight excluding hydrogens is 258 g/mol. The molecule has 0 radical (unpaired) electrons. The van der Waals surface area contributed by atoms with Crippen LogP contribution in [0.5, 0.6) is 0 Å². The molecule has 0 saturated heterocycles. The highest BCUT2D eigenvalue weighted by atomic mass is 32.2. The molecule has 0 aliphatic rings. The van der Waals surface area contributed by atoms with Crippen molar-refractivity contribution in [2.45, 2.75) is 24.3 Å². The first kappa shape index (κ1) is 14.2. The molecule has 0 bridgehead atoms. The third-order valence-electron chi connectivity index (χ3n) is 2.04. The van der Waals surface area contributed by atoms with Crippen LogP contribution in [0.3, 0.4) is 0 Å². The number of aliphatic carboxylic acids is 1. The number of nitrogens with one attached hydrogen (secondary N) is 1. The molecular formula is C10H13N3O4S. The molecule has 2 N–H and O–H groups in total. The van der Waals surface area contributed by atoms with Crippen molar-refractivity contribution in [3.8, 4) is 12.3 Å². The lowest BCUT2D eigenvalue weighted by Gasteiger charge is -2.01. The maximum Gasteiger partial charge on any atom is 0.305 e. The maximum atomic E-state index is 11.7. The maximum absolute atomic E-state index is 11.7. The Bertz CT molecular complexity index is 556. The molecule has 0 spiro atoms. The molecule has 1 aromatic rings. The van der Waals surface area contributed by atoms with Gasteiger partial charge in [0.05, 0.1) is 19.2 Å². The zero-order valence-electron chi connectivity index (χ0n) is 9.54. The molecule has 0 amide bonds. The van der Waals surface area contributed by atoms with Crippen molar-refractivity contribution in [3.63, 3.8) is 0 Å². The van der Waals surface area contributed by atoms with Crippen molar-refractivity contribution in [2.24, 2.45) is 0 Å². The van der Waals surface area contributed by atoms with Crippen molar-refractivity contribution >= 4 is 16.0 Å². The monoisotopic (exact) mass is 271 g/mol. The van der Waals surface area contributed by atoms with Crippen LogP contribution in [0.1, 0.15) is 12.8 Å². The van der Waals surface area contributed by atoms with E-state index in [-0.39, 0.29) is 24.4 Å². The van der Waals surface area contributed by atoms with Crippen molar-refractivity contribution < 1.29 is 18.3 Å². The van der Waals surface area contributed by atoms with E-state index in [1.165, 1.54) is 17.1 Å². The van der Waals surface area contributed by atoms with Crippen LogP contribution in [-0.2, 0) is 21.4 Å². The number of hydrogen-bond acceptors (Lipinski definition) is 4. The van der Waals surface area contributed by atoms with E-state index in [0.717, 1.165) is 0 Å². The largest absolute Gasteiger partial charge is 0.481 e. The number of carboxylic acid groups (broad SMARTS) is 1. The van der Waals surface area contributed by atoms with Crippen LogP contribution in [-0.4, -0.2) is 35.8 Å². The summed E-state index contributed by atoms with van der Waals surface area (Å²) in [5.74, 6) is 1.35. The van der Waals surface area contributed by atoms with Gasteiger partial charge in [-0.2, -0.15) is 5.10 Å². The number of rotatable bonds is 7. The summed E-state index contributed by atoms with van der Waals surface area (Å²) in [5.41, 5.74) is 0. The van der Waals surface area contributed by atoms with Gasteiger partial charge in [-0.05, 0) is 0 Å². The molecule has 0 aliphatic heterocycles. The van der Waals surface area contributed by atoms with Crippen molar-refractivity contribution in [3.05, 3.63) is 12.4 Å². The SMILES string of the molecule is C#CCCNS(=O)(=O)c1cnn(CCC(=O)O)c1. The van der Waals surface area contributed by atoms with Gasteiger partial charge in [-0.1, -0.05) is 0 Å². The van der Waals surface area contributed by atoms with Crippen molar-refractivity contribution in [2.75, 3.05) is 6.54 Å². The molecule has 1 rings (SSSR count). The number of carbonyl (C=O) groups is 1. The van der Waals surface area contributed by atoms with Crippen LogP contribution in [0.15, 0.2) is 17.3 Å². The van der Waals surface area contributed by atoms with E-state index in [9.17, 15) is 13.2 Å². The molecule has 0 unspecified atom stereocenters. The van der Waals surface area contributed by atoms with Gasteiger partial charge in [0, 0.05) is 19.2 Å². The highest BCUT2D eigenvalue weighted by molar-refractivity contribution is 7.89. The summed E-state index contributed by atoms with van der Waals surface area (Å²) < 4.78 is 27.0. The number of carboxylic acids is 1. The second-order valence-electron chi connectivity index (χ2n) is 3.43. The molecule has 98 valence electrons. The van der Waals surface area contributed by atoms with Gasteiger partial charge in [0.15, 0.2) is 0 Å². The van der Waals surface area contributed by atoms with E-state index in [1.807, 2.05) is 0 Å². The minimum Gasteiger partial charge on any atom is -0.481 e. The third kappa shape index (κ3) is 4.20. The van der Waals surface area contributed by atoms with Crippen molar-refractivity contribution in [1.82, 2.24) is 14.5 Å². The van der Waals surface area contributed by atoms with Gasteiger partial charge in [0.1, 0.15) is 4.90 Å². The second-order valence-corrected chi connectivity index (χ2v) is 5.20. The number of aryl methyl sites for hydroxylation is 1. The Morgan fingerprint density at radius 1 is 1.61 bits per heavy atom. The minimum absolute atomic E-state index is 0.00934. The predicted octanol–water partition coefficient (Wildman–Crippen LogP) is -0.341. The summed E-state index contributed by atoms with van der Waals surface area (Å²) in [5, 5.41) is 12.3.